The summed E-state index contributed by atoms with van der Waals surface area (Å²) in [5, 5.41) is 7.52. The zero-order valence-corrected chi connectivity index (χ0v) is 11.4. The van der Waals surface area contributed by atoms with Gasteiger partial charge in [-0.25, -0.2) is 4.79 Å². The van der Waals surface area contributed by atoms with Crippen LogP contribution in [-0.4, -0.2) is 38.5 Å². The van der Waals surface area contributed by atoms with Crippen LogP contribution >= 0.6 is 0 Å². The molecule has 1 aromatic heterocycles. The van der Waals surface area contributed by atoms with Crippen LogP contribution in [0.5, 0.6) is 0 Å². The second kappa shape index (κ2) is 5.86. The maximum Gasteiger partial charge on any atom is 0.346 e. The molecule has 3 rings (SSSR count). The average molecular weight is 270 g/mol. The van der Waals surface area contributed by atoms with Gasteiger partial charge >= 0.3 is 6.03 Å². The van der Waals surface area contributed by atoms with Gasteiger partial charge in [0.15, 0.2) is 0 Å². The molecule has 20 heavy (non-hydrogen) atoms. The molecule has 1 aliphatic heterocycles. The third-order valence-corrected chi connectivity index (χ3v) is 3.81. The molecular weight excluding hydrogens is 252 g/mol. The molecule has 1 saturated heterocycles. The quantitative estimate of drug-likeness (QED) is 0.841. The van der Waals surface area contributed by atoms with Crippen molar-refractivity contribution in [1.82, 2.24) is 19.9 Å². The standard InChI is InChI=1S/C15H18N4O/c20-15(19-11-9-16-17-19)18-10-5-4-8-14(18)12-13-6-2-1-3-7-13/h1-3,6-7,9,11,14H,4-5,8,10,12H2. The maximum atomic E-state index is 12.4. The Morgan fingerprint density at radius 1 is 1.25 bits per heavy atom. The summed E-state index contributed by atoms with van der Waals surface area (Å²) in [5.74, 6) is 0. The zero-order valence-electron chi connectivity index (χ0n) is 11.4. The predicted octanol–water partition coefficient (Wildman–Crippen LogP) is 2.34. The molecule has 0 saturated carbocycles. The number of piperidine rings is 1. The summed E-state index contributed by atoms with van der Waals surface area (Å²) in [5.41, 5.74) is 1.27. The van der Waals surface area contributed by atoms with E-state index >= 15 is 0 Å². The minimum absolute atomic E-state index is 0.0665. The van der Waals surface area contributed by atoms with Crippen LogP contribution in [0, 0.1) is 0 Å². The molecule has 1 aliphatic rings. The van der Waals surface area contributed by atoms with Crippen LogP contribution in [0.3, 0.4) is 0 Å². The normalized spacial score (nSPS) is 19.0. The number of rotatable bonds is 2. The number of hydrogen-bond donors (Lipinski definition) is 0. The highest BCUT2D eigenvalue weighted by atomic mass is 16.2. The van der Waals surface area contributed by atoms with Crippen LogP contribution in [0.2, 0.25) is 0 Å². The Hall–Kier alpha value is -2.17. The summed E-state index contributed by atoms with van der Waals surface area (Å²) in [6.07, 6.45) is 7.34. The highest BCUT2D eigenvalue weighted by molar-refractivity contribution is 5.76. The molecule has 0 aliphatic carbocycles. The summed E-state index contributed by atoms with van der Waals surface area (Å²) >= 11 is 0. The van der Waals surface area contributed by atoms with Crippen molar-refractivity contribution in [2.24, 2.45) is 0 Å². The number of carbonyl (C=O) groups excluding carboxylic acids is 1. The molecule has 5 nitrogen and oxygen atoms in total. The number of likely N-dealkylation sites (tertiary alicyclic amines) is 1. The van der Waals surface area contributed by atoms with Crippen LogP contribution in [0.15, 0.2) is 42.7 Å². The maximum absolute atomic E-state index is 12.4. The molecule has 1 unspecified atom stereocenters. The van der Waals surface area contributed by atoms with Gasteiger partial charge in [0.05, 0.1) is 12.4 Å². The summed E-state index contributed by atoms with van der Waals surface area (Å²) in [4.78, 5) is 14.4. The van der Waals surface area contributed by atoms with E-state index in [1.54, 1.807) is 6.20 Å². The number of hydrogen-bond acceptors (Lipinski definition) is 3. The van der Waals surface area contributed by atoms with Gasteiger partial charge in [-0.1, -0.05) is 35.5 Å². The first-order chi connectivity index (χ1) is 9.84. The lowest BCUT2D eigenvalue weighted by atomic mass is 9.96. The SMILES string of the molecule is O=C(N1CCCCC1Cc1ccccc1)n1ccnn1. The predicted molar refractivity (Wildman–Crippen MR) is 75.3 cm³/mol. The number of aromatic nitrogens is 3. The average Bonchev–Trinajstić information content (AvgIpc) is 3.02. The molecule has 1 aromatic carbocycles. The zero-order chi connectivity index (χ0) is 13.8. The Bertz CT molecular complexity index is 553. The van der Waals surface area contributed by atoms with Gasteiger partial charge in [-0.3, -0.25) is 0 Å². The van der Waals surface area contributed by atoms with Crippen molar-refractivity contribution in [1.29, 1.82) is 0 Å². The van der Waals surface area contributed by atoms with E-state index in [0.29, 0.717) is 0 Å². The fourth-order valence-electron chi connectivity index (χ4n) is 2.79. The van der Waals surface area contributed by atoms with Gasteiger partial charge < -0.3 is 4.90 Å². The lowest BCUT2D eigenvalue weighted by Crippen LogP contribution is -2.46. The molecule has 0 spiro atoms. The van der Waals surface area contributed by atoms with Crippen molar-refractivity contribution in [2.45, 2.75) is 31.7 Å². The highest BCUT2D eigenvalue weighted by Gasteiger charge is 2.28. The summed E-state index contributed by atoms with van der Waals surface area (Å²) in [6.45, 7) is 0.802. The molecule has 1 atom stereocenters. The number of amides is 1. The molecule has 2 heterocycles. The lowest BCUT2D eigenvalue weighted by molar-refractivity contribution is 0.149. The summed E-state index contributed by atoms with van der Waals surface area (Å²) in [6, 6.07) is 10.5. The van der Waals surface area contributed by atoms with Gasteiger partial charge in [-0.2, -0.15) is 4.68 Å². The lowest BCUT2D eigenvalue weighted by Gasteiger charge is -2.35. The van der Waals surface area contributed by atoms with E-state index in [2.05, 4.69) is 22.4 Å². The minimum atomic E-state index is -0.0665. The second-order valence-corrected chi connectivity index (χ2v) is 5.16. The van der Waals surface area contributed by atoms with E-state index < -0.39 is 0 Å². The van der Waals surface area contributed by atoms with Crippen LogP contribution in [-0.2, 0) is 6.42 Å². The Morgan fingerprint density at radius 2 is 2.10 bits per heavy atom. The first kappa shape index (κ1) is 12.8. The van der Waals surface area contributed by atoms with Crippen LogP contribution < -0.4 is 0 Å². The van der Waals surface area contributed by atoms with Gasteiger partial charge in [0, 0.05) is 12.6 Å². The molecule has 0 radical (unpaired) electrons. The largest absolute Gasteiger partial charge is 0.346 e. The van der Waals surface area contributed by atoms with Gasteiger partial charge in [-0.15, -0.1) is 5.10 Å². The molecule has 104 valence electrons. The van der Waals surface area contributed by atoms with Gasteiger partial charge in [0.2, 0.25) is 0 Å². The molecule has 0 N–H and O–H groups in total. The van der Waals surface area contributed by atoms with E-state index in [-0.39, 0.29) is 12.1 Å². The van der Waals surface area contributed by atoms with Crippen molar-refractivity contribution in [2.75, 3.05) is 6.54 Å². The highest BCUT2D eigenvalue weighted by Crippen LogP contribution is 2.21. The molecular formula is C15H18N4O. The number of benzene rings is 1. The van der Waals surface area contributed by atoms with E-state index in [1.807, 2.05) is 23.1 Å². The van der Waals surface area contributed by atoms with E-state index in [1.165, 1.54) is 22.9 Å². The fraction of sp³-hybridized carbons (Fsp3) is 0.400. The summed E-state index contributed by atoms with van der Waals surface area (Å²) in [7, 11) is 0. The molecule has 1 fully saturated rings. The van der Waals surface area contributed by atoms with E-state index in [0.717, 1.165) is 25.8 Å². The Kier molecular flexibility index (Phi) is 3.76. The smallest absolute Gasteiger partial charge is 0.320 e. The van der Waals surface area contributed by atoms with Gasteiger partial charge in [0.25, 0.3) is 0 Å². The Labute approximate surface area is 118 Å². The Morgan fingerprint density at radius 3 is 2.85 bits per heavy atom. The van der Waals surface area contributed by atoms with Crippen molar-refractivity contribution in [3.05, 3.63) is 48.3 Å². The molecule has 1 amide bonds. The van der Waals surface area contributed by atoms with Crippen molar-refractivity contribution < 1.29 is 4.79 Å². The van der Waals surface area contributed by atoms with Crippen molar-refractivity contribution in [3.63, 3.8) is 0 Å². The van der Waals surface area contributed by atoms with Crippen LogP contribution in [0.1, 0.15) is 24.8 Å². The fourth-order valence-corrected chi connectivity index (χ4v) is 2.79. The van der Waals surface area contributed by atoms with Crippen molar-refractivity contribution in [3.8, 4) is 0 Å². The van der Waals surface area contributed by atoms with Crippen molar-refractivity contribution >= 4 is 6.03 Å². The third kappa shape index (κ3) is 2.71. The third-order valence-electron chi connectivity index (χ3n) is 3.81. The molecule has 0 bridgehead atoms. The minimum Gasteiger partial charge on any atom is -0.320 e. The van der Waals surface area contributed by atoms with Gasteiger partial charge in [0.1, 0.15) is 0 Å². The van der Waals surface area contributed by atoms with E-state index in [9.17, 15) is 4.79 Å². The topological polar surface area (TPSA) is 51.0 Å². The first-order valence-electron chi connectivity index (χ1n) is 7.06. The second-order valence-electron chi connectivity index (χ2n) is 5.16. The Balaban J connectivity index is 1.76. The summed E-state index contributed by atoms with van der Waals surface area (Å²) < 4.78 is 1.32. The van der Waals surface area contributed by atoms with Crippen LogP contribution in [0.25, 0.3) is 0 Å². The molecule has 2 aromatic rings. The first-order valence-corrected chi connectivity index (χ1v) is 7.06. The molecule has 5 heteroatoms. The van der Waals surface area contributed by atoms with E-state index in [4.69, 9.17) is 0 Å². The van der Waals surface area contributed by atoms with Gasteiger partial charge in [-0.05, 0) is 31.2 Å². The number of nitrogens with zero attached hydrogens (tertiary/aromatic N) is 4. The monoisotopic (exact) mass is 270 g/mol. The number of carbonyl (C=O) groups is 1. The van der Waals surface area contributed by atoms with Crippen LogP contribution in [0.4, 0.5) is 4.79 Å².